The van der Waals surface area contributed by atoms with E-state index in [9.17, 15) is 14.4 Å². The highest BCUT2D eigenvalue weighted by atomic mass is 32.2. The van der Waals surface area contributed by atoms with Crippen LogP contribution in [0.15, 0.2) is 124 Å². The number of benzene rings is 3. The lowest BCUT2D eigenvalue weighted by Gasteiger charge is -2.10. The molecule has 3 nitrogen and oxygen atoms in total. The molecule has 0 radical (unpaired) electrons. The van der Waals surface area contributed by atoms with Crippen molar-refractivity contribution < 1.29 is 14.4 Å². The first-order chi connectivity index (χ1) is 20.8. The van der Waals surface area contributed by atoms with Crippen molar-refractivity contribution in [2.24, 2.45) is 0 Å². The van der Waals surface area contributed by atoms with Gasteiger partial charge in [0.2, 0.25) is 0 Å². The summed E-state index contributed by atoms with van der Waals surface area (Å²) in [4.78, 5) is 44.6. The summed E-state index contributed by atoms with van der Waals surface area (Å²) in [5.41, 5.74) is 3.27. The van der Waals surface area contributed by atoms with Gasteiger partial charge in [0.1, 0.15) is 0 Å². The lowest BCUT2D eigenvalue weighted by molar-refractivity contribution is 0.101. The van der Waals surface area contributed by atoms with Crippen LogP contribution in [0.5, 0.6) is 0 Å². The first-order valence-corrected chi connectivity index (χ1v) is 17.3. The molecule has 0 aliphatic heterocycles. The molecule has 3 heterocycles. The van der Waals surface area contributed by atoms with Crippen LogP contribution in [-0.4, -0.2) is 17.3 Å². The van der Waals surface area contributed by atoms with Gasteiger partial charge in [0.25, 0.3) is 0 Å². The van der Waals surface area contributed by atoms with Gasteiger partial charge in [0.15, 0.2) is 32.0 Å². The van der Waals surface area contributed by atoms with E-state index in [4.69, 9.17) is 0 Å². The van der Waals surface area contributed by atoms with Gasteiger partial charge in [-0.15, -0.1) is 34.0 Å². The number of carbonyl (C=O) groups is 3. The molecule has 43 heavy (non-hydrogen) atoms. The quantitative estimate of drug-likeness (QED) is 0.117. The topological polar surface area (TPSA) is 51.2 Å². The van der Waals surface area contributed by atoms with E-state index in [2.05, 4.69) is 72.8 Å². The highest BCUT2D eigenvalue weighted by Gasteiger charge is 2.29. The van der Waals surface area contributed by atoms with Crippen LogP contribution < -0.4 is 0 Å². The van der Waals surface area contributed by atoms with Gasteiger partial charge in [0.05, 0.1) is 25.5 Å². The van der Waals surface area contributed by atoms with E-state index >= 15 is 0 Å². The van der Waals surface area contributed by atoms with Gasteiger partial charge in [-0.25, -0.2) is 0 Å². The second-order valence-electron chi connectivity index (χ2n) is 10.0. The lowest BCUT2D eigenvalue weighted by Crippen LogP contribution is -2.04. The highest BCUT2D eigenvalue weighted by molar-refractivity contribution is 7.97. The Labute approximate surface area is 265 Å². The molecule has 3 aromatic carbocycles. The van der Waals surface area contributed by atoms with Crippen molar-refractivity contribution in [1.82, 2.24) is 0 Å². The number of ketones is 3. The van der Waals surface area contributed by atoms with Crippen LogP contribution in [0, 0.1) is 0 Å². The molecule has 0 bridgehead atoms. The average molecular weight is 636 g/mol. The molecule has 0 saturated carbocycles. The monoisotopic (exact) mass is 635 g/mol. The summed E-state index contributed by atoms with van der Waals surface area (Å²) >= 11 is 4.56. The molecule has 0 fully saturated rings. The molecule has 0 aliphatic carbocycles. The molecule has 212 valence electrons. The smallest absolute Gasteiger partial charge is 0.169 e. The molecular weight excluding hydrogens is 609 g/mol. The number of hydrogen-bond donors (Lipinski definition) is 0. The molecule has 0 spiro atoms. The summed E-state index contributed by atoms with van der Waals surface area (Å²) in [7, 11) is -0.367. The molecule has 6 rings (SSSR count). The Bertz CT molecular complexity index is 1710. The van der Waals surface area contributed by atoms with Crippen molar-refractivity contribution in [2.75, 3.05) is 0 Å². The van der Waals surface area contributed by atoms with Crippen molar-refractivity contribution in [3.8, 4) is 31.3 Å². The highest BCUT2D eigenvalue weighted by Crippen LogP contribution is 2.37. The number of carbonyl (C=O) groups excluding carboxylic acids is 3. The summed E-state index contributed by atoms with van der Waals surface area (Å²) in [6, 6.07) is 37.6. The maximum Gasteiger partial charge on any atom is 0.169 e. The predicted molar refractivity (Wildman–Crippen MR) is 181 cm³/mol. The minimum atomic E-state index is -0.367. The summed E-state index contributed by atoms with van der Waals surface area (Å²) in [5.74, 6) is 0.254. The molecule has 6 aromatic rings. The molecule has 7 heteroatoms. The average Bonchev–Trinajstić information content (AvgIpc) is 3.80. The molecule has 0 N–H and O–H groups in total. The van der Waals surface area contributed by atoms with Crippen LogP contribution in [0.4, 0.5) is 0 Å². The van der Waals surface area contributed by atoms with E-state index in [1.807, 2.05) is 36.4 Å². The van der Waals surface area contributed by atoms with Crippen LogP contribution in [0.3, 0.4) is 0 Å². The van der Waals surface area contributed by atoms with E-state index in [-0.39, 0.29) is 28.2 Å². The third-order valence-corrected chi connectivity index (χ3v) is 12.9. The number of hydrogen-bond acceptors (Lipinski definition) is 6. The molecule has 0 atom stereocenters. The Balaban J connectivity index is 1.36. The fourth-order valence-corrected chi connectivity index (χ4v) is 9.48. The van der Waals surface area contributed by atoms with Crippen molar-refractivity contribution in [2.45, 2.75) is 35.5 Å². The van der Waals surface area contributed by atoms with Gasteiger partial charge in [-0.3, -0.25) is 14.4 Å². The van der Waals surface area contributed by atoms with Crippen molar-refractivity contribution in [3.05, 3.63) is 124 Å². The Morgan fingerprint density at radius 1 is 0.395 bits per heavy atom. The van der Waals surface area contributed by atoms with Crippen LogP contribution in [0.2, 0.25) is 0 Å². The molecule has 0 amide bonds. The Morgan fingerprint density at radius 2 is 0.651 bits per heavy atom. The normalized spacial score (nSPS) is 11.2. The second kappa shape index (κ2) is 12.4. The van der Waals surface area contributed by atoms with Crippen LogP contribution in [0.25, 0.3) is 31.3 Å². The number of thiophene rings is 3. The van der Waals surface area contributed by atoms with Crippen molar-refractivity contribution in [1.29, 1.82) is 0 Å². The van der Waals surface area contributed by atoms with Gasteiger partial charge in [-0.2, -0.15) is 0 Å². The summed E-state index contributed by atoms with van der Waals surface area (Å²) in [6.07, 6.45) is 0. The van der Waals surface area contributed by atoms with Gasteiger partial charge < -0.3 is 0 Å². The third-order valence-electron chi connectivity index (χ3n) is 6.98. The van der Waals surface area contributed by atoms with E-state index in [0.717, 1.165) is 46.0 Å². The minimum absolute atomic E-state index is 0.0847. The zero-order valence-corrected chi connectivity index (χ0v) is 27.0. The molecule has 3 aromatic heterocycles. The zero-order chi connectivity index (χ0) is 30.1. The lowest BCUT2D eigenvalue weighted by atomic mass is 10.2. The fraction of sp³-hybridized carbons (Fsp3) is 0.0833. The van der Waals surface area contributed by atoms with E-state index in [1.165, 1.54) is 48.7 Å². The van der Waals surface area contributed by atoms with Crippen molar-refractivity contribution in [3.63, 3.8) is 0 Å². The molecule has 0 unspecified atom stereocenters. The van der Waals surface area contributed by atoms with Crippen molar-refractivity contribution >= 4 is 62.3 Å². The first-order valence-electron chi connectivity index (χ1n) is 13.6. The number of Topliss-reactive ketones (excluding diaryl/α,β-unsaturated/α-hetero) is 3. The van der Waals surface area contributed by atoms with Crippen LogP contribution in [-0.2, 0) is 10.9 Å². The second-order valence-corrected chi connectivity index (χ2v) is 15.3. The minimum Gasteiger partial charge on any atom is -0.294 e. The van der Waals surface area contributed by atoms with E-state index in [1.54, 1.807) is 20.8 Å². The van der Waals surface area contributed by atoms with Gasteiger partial charge in [0, 0.05) is 14.6 Å². The van der Waals surface area contributed by atoms with Gasteiger partial charge >= 0.3 is 0 Å². The van der Waals surface area contributed by atoms with E-state index in [0.29, 0.717) is 0 Å². The first kappa shape index (κ1) is 29.2. The molecule has 0 saturated heterocycles. The Kier molecular flexibility index (Phi) is 8.41. The van der Waals surface area contributed by atoms with Gasteiger partial charge in [-0.05, 0) is 147 Å². The zero-order valence-electron chi connectivity index (χ0n) is 23.8. The van der Waals surface area contributed by atoms with Crippen LogP contribution in [0.1, 0.15) is 49.8 Å². The fourth-order valence-electron chi connectivity index (χ4n) is 4.72. The molecular formula is C36H27O3S4+. The van der Waals surface area contributed by atoms with E-state index < -0.39 is 0 Å². The number of rotatable bonds is 9. The van der Waals surface area contributed by atoms with Crippen LogP contribution >= 0.6 is 34.0 Å². The maximum atomic E-state index is 11.8. The Hall–Kier alpha value is -3.88. The largest absolute Gasteiger partial charge is 0.294 e. The van der Waals surface area contributed by atoms with Gasteiger partial charge in [-0.1, -0.05) is 0 Å². The molecule has 0 aliphatic rings. The summed E-state index contributed by atoms with van der Waals surface area (Å²) < 4.78 is 0. The standard InChI is InChI=1S/C36H27O3S4/c1-22(37)31-16-19-34(40-31)25-4-10-28(11-5-25)43(29-12-6-26(7-13-29)35-20-17-32(41-35)23(2)38)30-14-8-27(9-15-30)36-21-18-33(42-36)24(3)39/h4-21H,1-3H3/q+1. The maximum absolute atomic E-state index is 11.8. The summed E-state index contributed by atoms with van der Waals surface area (Å²) in [5, 5.41) is 0. The SMILES string of the molecule is CC(=O)c1ccc(-c2ccc([S+](c3ccc(-c4ccc(C(C)=O)s4)cc3)c3ccc(-c4ccc(C(C)=O)s4)cc3)cc2)s1. The summed E-state index contributed by atoms with van der Waals surface area (Å²) in [6.45, 7) is 4.80. The predicted octanol–water partition coefficient (Wildman–Crippen LogP) is 10.6. The Morgan fingerprint density at radius 3 is 0.860 bits per heavy atom. The third kappa shape index (κ3) is 6.26.